The van der Waals surface area contributed by atoms with Gasteiger partial charge in [0, 0.05) is 19.1 Å². The fourth-order valence-corrected chi connectivity index (χ4v) is 2.66. The maximum absolute atomic E-state index is 6.10. The number of hydrogen-bond donors (Lipinski definition) is 1. The van der Waals surface area contributed by atoms with Gasteiger partial charge in [-0.15, -0.1) is 0 Å². The Hall–Kier alpha value is -0.120. The first-order valence-corrected chi connectivity index (χ1v) is 5.70. The van der Waals surface area contributed by atoms with E-state index in [-0.39, 0.29) is 11.7 Å². The summed E-state index contributed by atoms with van der Waals surface area (Å²) in [5.74, 6) is 0.580. The Balaban J connectivity index is 1.98. The van der Waals surface area contributed by atoms with E-state index in [0.717, 1.165) is 32.5 Å². The minimum atomic E-state index is 0.0266. The van der Waals surface area contributed by atoms with Gasteiger partial charge in [-0.1, -0.05) is 0 Å². The molecule has 0 bridgehead atoms. The third-order valence-electron chi connectivity index (χ3n) is 3.69. The zero-order valence-electron chi connectivity index (χ0n) is 9.00. The first kappa shape index (κ1) is 10.4. The van der Waals surface area contributed by atoms with E-state index in [2.05, 4.69) is 6.92 Å². The molecule has 3 unspecified atom stereocenters. The Bertz CT molecular complexity index is 192. The predicted octanol–water partition coefficient (Wildman–Crippen LogP) is 1.31. The standard InChI is InChI=1S/C11H21NO2/c1-11(9-4-6-13-8-9)5-2-3-10(7-12)14-11/h9-10H,2-8,12H2,1H3. The molecule has 2 saturated heterocycles. The smallest absolute Gasteiger partial charge is 0.0709 e. The third-order valence-corrected chi connectivity index (χ3v) is 3.69. The SMILES string of the molecule is CC1(C2CCOC2)CCCC(CN)O1. The molecule has 2 heterocycles. The van der Waals surface area contributed by atoms with Gasteiger partial charge in [-0.3, -0.25) is 0 Å². The number of rotatable bonds is 2. The monoisotopic (exact) mass is 199 g/mol. The molecule has 82 valence electrons. The fraction of sp³-hybridized carbons (Fsp3) is 1.00. The summed E-state index contributed by atoms with van der Waals surface area (Å²) in [6, 6.07) is 0. The summed E-state index contributed by atoms with van der Waals surface area (Å²) < 4.78 is 11.5. The van der Waals surface area contributed by atoms with Crippen LogP contribution in [0, 0.1) is 5.92 Å². The number of nitrogens with two attached hydrogens (primary N) is 1. The van der Waals surface area contributed by atoms with Crippen molar-refractivity contribution < 1.29 is 9.47 Å². The molecule has 3 heteroatoms. The lowest BCUT2D eigenvalue weighted by Gasteiger charge is -2.42. The lowest BCUT2D eigenvalue weighted by Crippen LogP contribution is -2.46. The Morgan fingerprint density at radius 3 is 2.93 bits per heavy atom. The van der Waals surface area contributed by atoms with Crippen LogP contribution in [-0.4, -0.2) is 31.5 Å². The average molecular weight is 199 g/mol. The molecule has 0 amide bonds. The number of ether oxygens (including phenoxy) is 2. The van der Waals surface area contributed by atoms with Gasteiger partial charge < -0.3 is 15.2 Å². The molecule has 0 saturated carbocycles. The molecule has 0 aromatic heterocycles. The van der Waals surface area contributed by atoms with E-state index in [0.29, 0.717) is 12.5 Å². The Morgan fingerprint density at radius 1 is 1.43 bits per heavy atom. The van der Waals surface area contributed by atoms with E-state index in [1.165, 1.54) is 6.42 Å². The number of hydrogen-bond acceptors (Lipinski definition) is 3. The summed E-state index contributed by atoms with van der Waals surface area (Å²) in [5.41, 5.74) is 5.69. The summed E-state index contributed by atoms with van der Waals surface area (Å²) in [5, 5.41) is 0. The predicted molar refractivity (Wildman–Crippen MR) is 55.1 cm³/mol. The van der Waals surface area contributed by atoms with Crippen LogP contribution in [0.1, 0.15) is 32.6 Å². The van der Waals surface area contributed by atoms with Gasteiger partial charge in [0.15, 0.2) is 0 Å². The van der Waals surface area contributed by atoms with Crippen LogP contribution in [0.2, 0.25) is 0 Å². The van der Waals surface area contributed by atoms with Crippen molar-refractivity contribution in [2.75, 3.05) is 19.8 Å². The molecule has 2 N–H and O–H groups in total. The van der Waals surface area contributed by atoms with Crippen molar-refractivity contribution in [3.8, 4) is 0 Å². The van der Waals surface area contributed by atoms with Crippen molar-refractivity contribution in [1.29, 1.82) is 0 Å². The van der Waals surface area contributed by atoms with Crippen molar-refractivity contribution >= 4 is 0 Å². The topological polar surface area (TPSA) is 44.5 Å². The van der Waals surface area contributed by atoms with Crippen molar-refractivity contribution in [3.63, 3.8) is 0 Å². The van der Waals surface area contributed by atoms with Crippen LogP contribution in [0.15, 0.2) is 0 Å². The summed E-state index contributed by atoms with van der Waals surface area (Å²) in [6.45, 7) is 4.65. The van der Waals surface area contributed by atoms with Crippen molar-refractivity contribution in [1.82, 2.24) is 0 Å². The van der Waals surface area contributed by atoms with Crippen molar-refractivity contribution in [2.24, 2.45) is 11.7 Å². The van der Waals surface area contributed by atoms with Crippen LogP contribution < -0.4 is 5.73 Å². The summed E-state index contributed by atoms with van der Waals surface area (Å²) in [6.07, 6.45) is 4.95. The highest BCUT2D eigenvalue weighted by atomic mass is 16.5. The normalized spacial score (nSPS) is 44.1. The molecular formula is C11H21NO2. The van der Waals surface area contributed by atoms with Crippen LogP contribution in [0.5, 0.6) is 0 Å². The van der Waals surface area contributed by atoms with E-state index in [4.69, 9.17) is 15.2 Å². The molecule has 0 aromatic carbocycles. The van der Waals surface area contributed by atoms with Gasteiger partial charge in [0.2, 0.25) is 0 Å². The lowest BCUT2D eigenvalue weighted by molar-refractivity contribution is -0.144. The highest BCUT2D eigenvalue weighted by Gasteiger charge is 2.41. The molecule has 3 atom stereocenters. The Kier molecular flexibility index (Phi) is 3.10. The molecule has 2 fully saturated rings. The van der Waals surface area contributed by atoms with E-state index in [1.807, 2.05) is 0 Å². The highest BCUT2D eigenvalue weighted by molar-refractivity contribution is 4.90. The summed E-state index contributed by atoms with van der Waals surface area (Å²) >= 11 is 0. The van der Waals surface area contributed by atoms with Gasteiger partial charge >= 0.3 is 0 Å². The van der Waals surface area contributed by atoms with Crippen LogP contribution in [-0.2, 0) is 9.47 Å². The first-order valence-electron chi connectivity index (χ1n) is 5.70. The molecule has 0 aliphatic carbocycles. The Labute approximate surface area is 85.9 Å². The molecule has 2 aliphatic heterocycles. The van der Waals surface area contributed by atoms with Crippen LogP contribution in [0.4, 0.5) is 0 Å². The van der Waals surface area contributed by atoms with Crippen LogP contribution in [0.3, 0.4) is 0 Å². The van der Waals surface area contributed by atoms with Crippen LogP contribution >= 0.6 is 0 Å². The van der Waals surface area contributed by atoms with E-state index in [9.17, 15) is 0 Å². The second-order valence-electron chi connectivity index (χ2n) is 4.74. The maximum Gasteiger partial charge on any atom is 0.0709 e. The molecule has 14 heavy (non-hydrogen) atoms. The molecule has 0 aromatic rings. The first-order chi connectivity index (χ1) is 6.74. The van der Waals surface area contributed by atoms with Gasteiger partial charge in [-0.2, -0.15) is 0 Å². The third kappa shape index (κ3) is 1.95. The molecule has 3 nitrogen and oxygen atoms in total. The lowest BCUT2D eigenvalue weighted by atomic mass is 9.81. The largest absolute Gasteiger partial charge is 0.381 e. The average Bonchev–Trinajstić information content (AvgIpc) is 2.71. The Morgan fingerprint density at radius 2 is 2.29 bits per heavy atom. The molecular weight excluding hydrogens is 178 g/mol. The summed E-state index contributed by atoms with van der Waals surface area (Å²) in [4.78, 5) is 0. The molecule has 2 rings (SSSR count). The minimum absolute atomic E-state index is 0.0266. The molecule has 2 aliphatic rings. The zero-order valence-corrected chi connectivity index (χ0v) is 9.00. The van der Waals surface area contributed by atoms with Gasteiger partial charge in [0.05, 0.1) is 18.3 Å². The second-order valence-corrected chi connectivity index (χ2v) is 4.74. The van der Waals surface area contributed by atoms with Crippen molar-refractivity contribution in [3.05, 3.63) is 0 Å². The molecule has 0 radical (unpaired) electrons. The minimum Gasteiger partial charge on any atom is -0.381 e. The van der Waals surface area contributed by atoms with Crippen LogP contribution in [0.25, 0.3) is 0 Å². The zero-order chi connectivity index (χ0) is 10.0. The van der Waals surface area contributed by atoms with E-state index >= 15 is 0 Å². The van der Waals surface area contributed by atoms with Crippen molar-refractivity contribution in [2.45, 2.75) is 44.3 Å². The fourth-order valence-electron chi connectivity index (χ4n) is 2.66. The quantitative estimate of drug-likeness (QED) is 0.729. The van der Waals surface area contributed by atoms with Gasteiger partial charge in [0.25, 0.3) is 0 Å². The van der Waals surface area contributed by atoms with E-state index in [1.54, 1.807) is 0 Å². The van der Waals surface area contributed by atoms with Gasteiger partial charge in [0.1, 0.15) is 0 Å². The highest BCUT2D eigenvalue weighted by Crippen LogP contribution is 2.38. The van der Waals surface area contributed by atoms with Gasteiger partial charge in [-0.05, 0) is 32.6 Å². The van der Waals surface area contributed by atoms with Gasteiger partial charge in [-0.25, -0.2) is 0 Å². The second kappa shape index (κ2) is 4.17. The molecule has 0 spiro atoms. The maximum atomic E-state index is 6.10. The van der Waals surface area contributed by atoms with E-state index < -0.39 is 0 Å². The summed E-state index contributed by atoms with van der Waals surface area (Å²) in [7, 11) is 0.